The summed E-state index contributed by atoms with van der Waals surface area (Å²) in [6.45, 7) is 1.09. The largest absolute Gasteiger partial charge is 0.431 e. The quantitative estimate of drug-likeness (QED) is 0.844. The smallest absolute Gasteiger partial charge is 0.387 e. The van der Waals surface area contributed by atoms with Gasteiger partial charge in [-0.15, -0.1) is 0 Å². The molecule has 2 nitrogen and oxygen atoms in total. The van der Waals surface area contributed by atoms with E-state index in [2.05, 4.69) is 10.1 Å². The molecule has 0 aliphatic heterocycles. The molecule has 0 fully saturated rings. The number of ether oxygens (including phenoxy) is 1. The number of benzene rings is 1. The average molecular weight is 233 g/mol. The summed E-state index contributed by atoms with van der Waals surface area (Å²) in [4.78, 5) is 0. The first kappa shape index (κ1) is 12.8. The van der Waals surface area contributed by atoms with Crippen LogP contribution in [0.5, 0.6) is 5.75 Å². The molecule has 0 aliphatic carbocycles. The lowest BCUT2D eigenvalue weighted by Crippen LogP contribution is -2.22. The minimum Gasteiger partial charge on any atom is -0.431 e. The molecule has 0 aromatic heterocycles. The van der Waals surface area contributed by atoms with E-state index in [-0.39, 0.29) is 18.3 Å². The standard InChI is InChI=1S/C11H14F3NO/c1-7(2)15-6-8-4-3-5-9(12)10(8)16-11(13)14/h3-5,7,11,15H,6H2,1-2H3. The number of para-hydroxylation sites is 1. The first-order chi connectivity index (χ1) is 7.50. The topological polar surface area (TPSA) is 21.3 Å². The van der Waals surface area contributed by atoms with Gasteiger partial charge >= 0.3 is 6.61 Å². The van der Waals surface area contributed by atoms with Gasteiger partial charge in [0, 0.05) is 18.2 Å². The van der Waals surface area contributed by atoms with Gasteiger partial charge in [0.05, 0.1) is 0 Å². The van der Waals surface area contributed by atoms with Crippen LogP contribution in [-0.4, -0.2) is 12.7 Å². The first-order valence-corrected chi connectivity index (χ1v) is 4.96. The lowest BCUT2D eigenvalue weighted by molar-refractivity contribution is -0.0528. The third kappa shape index (κ3) is 3.73. The zero-order valence-corrected chi connectivity index (χ0v) is 9.14. The van der Waals surface area contributed by atoms with Crippen LogP contribution in [0.25, 0.3) is 0 Å². The molecule has 0 bridgehead atoms. The van der Waals surface area contributed by atoms with Gasteiger partial charge in [0.15, 0.2) is 11.6 Å². The summed E-state index contributed by atoms with van der Waals surface area (Å²) in [5.74, 6) is -1.16. The monoisotopic (exact) mass is 233 g/mol. The Labute approximate surface area is 92.4 Å². The van der Waals surface area contributed by atoms with Gasteiger partial charge in [-0.05, 0) is 6.07 Å². The van der Waals surface area contributed by atoms with E-state index >= 15 is 0 Å². The van der Waals surface area contributed by atoms with Gasteiger partial charge in [-0.1, -0.05) is 26.0 Å². The van der Waals surface area contributed by atoms with Crippen molar-refractivity contribution in [3.8, 4) is 5.75 Å². The number of halogens is 3. The van der Waals surface area contributed by atoms with Gasteiger partial charge in [-0.3, -0.25) is 0 Å². The van der Waals surface area contributed by atoms with Crippen LogP contribution in [-0.2, 0) is 6.54 Å². The van der Waals surface area contributed by atoms with E-state index in [1.807, 2.05) is 13.8 Å². The third-order valence-electron chi connectivity index (χ3n) is 1.96. The van der Waals surface area contributed by atoms with E-state index in [9.17, 15) is 13.2 Å². The van der Waals surface area contributed by atoms with Crippen LogP contribution >= 0.6 is 0 Å². The van der Waals surface area contributed by atoms with Crippen molar-refractivity contribution in [1.29, 1.82) is 0 Å². The molecule has 5 heteroatoms. The van der Waals surface area contributed by atoms with Gasteiger partial charge in [0.25, 0.3) is 0 Å². The summed E-state index contributed by atoms with van der Waals surface area (Å²) in [5, 5.41) is 3.01. The van der Waals surface area contributed by atoms with E-state index in [1.54, 1.807) is 6.07 Å². The molecule has 1 rings (SSSR count). The molecular weight excluding hydrogens is 219 g/mol. The maximum atomic E-state index is 13.2. The number of alkyl halides is 2. The molecule has 0 radical (unpaired) electrons. The fourth-order valence-corrected chi connectivity index (χ4v) is 1.23. The highest BCUT2D eigenvalue weighted by Gasteiger charge is 2.14. The zero-order valence-electron chi connectivity index (χ0n) is 9.14. The minimum absolute atomic E-state index is 0.183. The summed E-state index contributed by atoms with van der Waals surface area (Å²) >= 11 is 0. The van der Waals surface area contributed by atoms with Gasteiger partial charge in [0.1, 0.15) is 0 Å². The fourth-order valence-electron chi connectivity index (χ4n) is 1.23. The van der Waals surface area contributed by atoms with E-state index < -0.39 is 12.4 Å². The molecule has 0 unspecified atom stereocenters. The minimum atomic E-state index is -3.02. The molecule has 16 heavy (non-hydrogen) atoms. The molecule has 1 aromatic rings. The number of rotatable bonds is 5. The predicted octanol–water partition coefficient (Wildman–Crippen LogP) is 2.93. The van der Waals surface area contributed by atoms with E-state index in [0.29, 0.717) is 5.56 Å². The molecular formula is C11H14F3NO. The Morgan fingerprint density at radius 3 is 2.56 bits per heavy atom. The third-order valence-corrected chi connectivity index (χ3v) is 1.96. The van der Waals surface area contributed by atoms with Crippen molar-refractivity contribution >= 4 is 0 Å². The Morgan fingerprint density at radius 2 is 2.00 bits per heavy atom. The molecule has 0 saturated heterocycles. The Balaban J connectivity index is 2.85. The van der Waals surface area contributed by atoms with Gasteiger partial charge in [-0.2, -0.15) is 8.78 Å². The number of hydrogen-bond acceptors (Lipinski definition) is 2. The maximum Gasteiger partial charge on any atom is 0.387 e. The molecule has 0 atom stereocenters. The van der Waals surface area contributed by atoms with Crippen LogP contribution in [0.15, 0.2) is 18.2 Å². The first-order valence-electron chi connectivity index (χ1n) is 4.96. The summed E-state index contributed by atoms with van der Waals surface area (Å²) in [6, 6.07) is 4.29. The summed E-state index contributed by atoms with van der Waals surface area (Å²) in [7, 11) is 0. The second-order valence-electron chi connectivity index (χ2n) is 3.64. The van der Waals surface area contributed by atoms with Crippen molar-refractivity contribution in [3.63, 3.8) is 0 Å². The molecule has 1 aromatic carbocycles. The van der Waals surface area contributed by atoms with Gasteiger partial charge in [0.2, 0.25) is 0 Å². The Kier molecular flexibility index (Phi) is 4.61. The van der Waals surface area contributed by atoms with Gasteiger partial charge < -0.3 is 10.1 Å². The number of nitrogens with one attached hydrogen (secondary N) is 1. The highest BCUT2D eigenvalue weighted by Crippen LogP contribution is 2.24. The van der Waals surface area contributed by atoms with E-state index in [0.717, 1.165) is 6.07 Å². The molecule has 0 saturated carbocycles. The fraction of sp³-hybridized carbons (Fsp3) is 0.455. The SMILES string of the molecule is CC(C)NCc1cccc(F)c1OC(F)F. The van der Waals surface area contributed by atoms with Crippen molar-refractivity contribution in [2.75, 3.05) is 0 Å². The second-order valence-corrected chi connectivity index (χ2v) is 3.64. The second kappa shape index (κ2) is 5.75. The van der Waals surface area contributed by atoms with Crippen molar-refractivity contribution in [2.45, 2.75) is 33.0 Å². The average Bonchev–Trinajstić information content (AvgIpc) is 2.18. The van der Waals surface area contributed by atoms with Crippen molar-refractivity contribution in [2.24, 2.45) is 0 Å². The van der Waals surface area contributed by atoms with Crippen LogP contribution in [0, 0.1) is 5.82 Å². The van der Waals surface area contributed by atoms with Crippen molar-refractivity contribution in [3.05, 3.63) is 29.6 Å². The van der Waals surface area contributed by atoms with Crippen LogP contribution in [0.3, 0.4) is 0 Å². The van der Waals surface area contributed by atoms with Crippen LogP contribution < -0.4 is 10.1 Å². The molecule has 0 amide bonds. The number of hydrogen-bond donors (Lipinski definition) is 1. The van der Waals surface area contributed by atoms with E-state index in [1.165, 1.54) is 6.07 Å². The lowest BCUT2D eigenvalue weighted by Gasteiger charge is -2.13. The van der Waals surface area contributed by atoms with E-state index in [4.69, 9.17) is 0 Å². The molecule has 0 aliphatic rings. The Morgan fingerprint density at radius 1 is 1.31 bits per heavy atom. The lowest BCUT2D eigenvalue weighted by atomic mass is 10.2. The van der Waals surface area contributed by atoms with Crippen molar-refractivity contribution in [1.82, 2.24) is 5.32 Å². The zero-order chi connectivity index (χ0) is 12.1. The predicted molar refractivity (Wildman–Crippen MR) is 55.0 cm³/mol. The summed E-state index contributed by atoms with van der Waals surface area (Å²) < 4.78 is 41.5. The van der Waals surface area contributed by atoms with Crippen molar-refractivity contribution < 1.29 is 17.9 Å². The molecule has 90 valence electrons. The summed E-state index contributed by atoms with van der Waals surface area (Å²) in [6.07, 6.45) is 0. The molecule has 0 spiro atoms. The highest BCUT2D eigenvalue weighted by atomic mass is 19.3. The van der Waals surface area contributed by atoms with Gasteiger partial charge in [-0.25, -0.2) is 4.39 Å². The van der Waals surface area contributed by atoms with Crippen LogP contribution in [0.1, 0.15) is 19.4 Å². The van der Waals surface area contributed by atoms with Crippen LogP contribution in [0.2, 0.25) is 0 Å². The summed E-state index contributed by atoms with van der Waals surface area (Å²) in [5.41, 5.74) is 0.383. The maximum absolute atomic E-state index is 13.2. The normalized spacial score (nSPS) is 11.2. The highest BCUT2D eigenvalue weighted by molar-refractivity contribution is 5.34. The Hall–Kier alpha value is -1.23. The Bertz CT molecular complexity index is 342. The molecule has 0 heterocycles. The molecule has 1 N–H and O–H groups in total. The van der Waals surface area contributed by atoms with Crippen LogP contribution in [0.4, 0.5) is 13.2 Å².